The van der Waals surface area contributed by atoms with Gasteiger partial charge in [0.1, 0.15) is 0 Å². The Balaban J connectivity index is 2.00. The second kappa shape index (κ2) is 4.51. The molecule has 1 atom stereocenters. The van der Waals surface area contributed by atoms with Crippen molar-refractivity contribution in [1.82, 2.24) is 10.3 Å². The van der Waals surface area contributed by atoms with Gasteiger partial charge in [-0.3, -0.25) is 9.78 Å². The number of nitrogens with zero attached hydrogens (tertiary/aromatic N) is 1. The maximum atomic E-state index is 11.9. The molecule has 1 fully saturated rings. The van der Waals surface area contributed by atoms with E-state index < -0.39 is 0 Å². The highest BCUT2D eigenvalue weighted by atomic mass is 16.1. The van der Waals surface area contributed by atoms with E-state index in [0.717, 1.165) is 0 Å². The van der Waals surface area contributed by atoms with Crippen LogP contribution in [0.15, 0.2) is 18.5 Å². The fourth-order valence-electron chi connectivity index (χ4n) is 1.94. The van der Waals surface area contributed by atoms with Gasteiger partial charge in [-0.2, -0.15) is 0 Å². The summed E-state index contributed by atoms with van der Waals surface area (Å²) in [4.78, 5) is 15.8. The highest BCUT2D eigenvalue weighted by Crippen LogP contribution is 2.29. The Kier molecular flexibility index (Phi) is 3.08. The van der Waals surface area contributed by atoms with Crippen LogP contribution in [0.5, 0.6) is 0 Å². The van der Waals surface area contributed by atoms with Gasteiger partial charge in [-0.15, -0.1) is 0 Å². The van der Waals surface area contributed by atoms with Crippen LogP contribution in [0, 0.1) is 5.92 Å². The number of pyridine rings is 1. The standard InChI is InChI=1S/C12H17N3O/c1-8(9-3-2-4-9)15-12(16)10-7-14-6-5-11(10)13/h5-9H,2-4H2,1H3,(H2,13,14)(H,15,16). The van der Waals surface area contributed by atoms with Crippen LogP contribution in [0.1, 0.15) is 36.5 Å². The Hall–Kier alpha value is -1.58. The predicted octanol–water partition coefficient (Wildman–Crippen LogP) is 1.58. The lowest BCUT2D eigenvalue weighted by molar-refractivity contribution is 0.0910. The summed E-state index contributed by atoms with van der Waals surface area (Å²) in [5.41, 5.74) is 6.67. The highest BCUT2D eigenvalue weighted by molar-refractivity contribution is 5.98. The summed E-state index contributed by atoms with van der Waals surface area (Å²) in [6, 6.07) is 1.86. The number of rotatable bonds is 3. The molecule has 0 aliphatic heterocycles. The van der Waals surface area contributed by atoms with Crippen LogP contribution in [0.4, 0.5) is 5.69 Å². The zero-order valence-corrected chi connectivity index (χ0v) is 9.44. The van der Waals surface area contributed by atoms with Crippen molar-refractivity contribution < 1.29 is 4.79 Å². The van der Waals surface area contributed by atoms with Crippen LogP contribution in [0.3, 0.4) is 0 Å². The van der Waals surface area contributed by atoms with Crippen molar-refractivity contribution in [3.8, 4) is 0 Å². The van der Waals surface area contributed by atoms with Gasteiger partial charge in [-0.05, 0) is 31.7 Å². The lowest BCUT2D eigenvalue weighted by atomic mass is 9.80. The Bertz CT molecular complexity index is 388. The molecule has 1 saturated carbocycles. The summed E-state index contributed by atoms with van der Waals surface area (Å²) in [6.07, 6.45) is 6.80. The van der Waals surface area contributed by atoms with Gasteiger partial charge in [0.05, 0.1) is 5.56 Å². The van der Waals surface area contributed by atoms with Gasteiger partial charge in [0.2, 0.25) is 0 Å². The molecule has 3 N–H and O–H groups in total. The summed E-state index contributed by atoms with van der Waals surface area (Å²) in [5.74, 6) is 0.506. The SMILES string of the molecule is CC(NC(=O)c1cnccc1N)C1CCC1. The monoisotopic (exact) mass is 219 g/mol. The van der Waals surface area contributed by atoms with E-state index in [4.69, 9.17) is 5.73 Å². The molecule has 1 aromatic rings. The number of carbonyl (C=O) groups is 1. The summed E-state index contributed by atoms with van der Waals surface area (Å²) in [5, 5.41) is 2.98. The number of nitrogens with one attached hydrogen (secondary N) is 1. The number of carbonyl (C=O) groups excluding carboxylic acids is 1. The minimum absolute atomic E-state index is 0.120. The number of amides is 1. The van der Waals surface area contributed by atoms with Gasteiger partial charge in [0.25, 0.3) is 5.91 Å². The third-order valence-electron chi connectivity index (χ3n) is 3.32. The fraction of sp³-hybridized carbons (Fsp3) is 0.500. The summed E-state index contributed by atoms with van der Waals surface area (Å²) in [7, 11) is 0. The smallest absolute Gasteiger partial charge is 0.255 e. The molecule has 0 radical (unpaired) electrons. The number of hydrogen-bond donors (Lipinski definition) is 2. The molecule has 4 nitrogen and oxygen atoms in total. The number of nitrogen functional groups attached to an aromatic ring is 1. The lowest BCUT2D eigenvalue weighted by Gasteiger charge is -2.31. The summed E-state index contributed by atoms with van der Waals surface area (Å²) < 4.78 is 0. The Morgan fingerprint density at radius 2 is 2.38 bits per heavy atom. The molecular weight excluding hydrogens is 202 g/mol. The molecule has 1 aliphatic carbocycles. The fourth-order valence-corrected chi connectivity index (χ4v) is 1.94. The average molecular weight is 219 g/mol. The number of hydrogen-bond acceptors (Lipinski definition) is 3. The molecule has 1 amide bonds. The summed E-state index contributed by atoms with van der Waals surface area (Å²) >= 11 is 0. The third-order valence-corrected chi connectivity index (χ3v) is 3.32. The van der Waals surface area contributed by atoms with Crippen LogP contribution in [-0.2, 0) is 0 Å². The van der Waals surface area contributed by atoms with E-state index in [-0.39, 0.29) is 11.9 Å². The van der Waals surface area contributed by atoms with Crippen molar-refractivity contribution >= 4 is 11.6 Å². The first-order valence-corrected chi connectivity index (χ1v) is 5.69. The molecule has 2 rings (SSSR count). The molecule has 1 aliphatic rings. The maximum absolute atomic E-state index is 11.9. The predicted molar refractivity (Wildman–Crippen MR) is 62.9 cm³/mol. The Morgan fingerprint density at radius 1 is 1.62 bits per heavy atom. The van der Waals surface area contributed by atoms with Crippen molar-refractivity contribution in [3.05, 3.63) is 24.0 Å². The van der Waals surface area contributed by atoms with E-state index in [1.807, 2.05) is 6.92 Å². The number of aromatic nitrogens is 1. The van der Waals surface area contributed by atoms with Crippen LogP contribution >= 0.6 is 0 Å². The first kappa shape index (κ1) is 10.9. The zero-order valence-electron chi connectivity index (χ0n) is 9.44. The first-order valence-electron chi connectivity index (χ1n) is 5.69. The average Bonchev–Trinajstić information content (AvgIpc) is 2.15. The van der Waals surface area contributed by atoms with Gasteiger partial charge >= 0.3 is 0 Å². The van der Waals surface area contributed by atoms with E-state index in [0.29, 0.717) is 17.2 Å². The van der Waals surface area contributed by atoms with Crippen LogP contribution < -0.4 is 11.1 Å². The molecular formula is C12H17N3O. The van der Waals surface area contributed by atoms with E-state index in [2.05, 4.69) is 10.3 Å². The molecule has 0 spiro atoms. The second-order valence-corrected chi connectivity index (χ2v) is 4.42. The van der Waals surface area contributed by atoms with Gasteiger partial charge < -0.3 is 11.1 Å². The molecule has 0 saturated heterocycles. The van der Waals surface area contributed by atoms with Gasteiger partial charge in [-0.25, -0.2) is 0 Å². The van der Waals surface area contributed by atoms with Crippen molar-refractivity contribution in [2.75, 3.05) is 5.73 Å². The number of nitrogens with two attached hydrogens (primary N) is 1. The van der Waals surface area contributed by atoms with E-state index in [1.165, 1.54) is 25.5 Å². The first-order chi connectivity index (χ1) is 7.68. The van der Waals surface area contributed by atoms with E-state index in [9.17, 15) is 4.79 Å². The minimum Gasteiger partial charge on any atom is -0.398 e. The quantitative estimate of drug-likeness (QED) is 0.811. The van der Waals surface area contributed by atoms with Crippen molar-refractivity contribution in [2.45, 2.75) is 32.2 Å². The highest BCUT2D eigenvalue weighted by Gasteiger charge is 2.25. The topological polar surface area (TPSA) is 68.0 Å². The Morgan fingerprint density at radius 3 is 2.94 bits per heavy atom. The van der Waals surface area contributed by atoms with Gasteiger partial charge in [-0.1, -0.05) is 6.42 Å². The lowest BCUT2D eigenvalue weighted by Crippen LogP contribution is -2.40. The molecule has 0 bridgehead atoms. The van der Waals surface area contributed by atoms with Crippen LogP contribution in [-0.4, -0.2) is 16.9 Å². The Labute approximate surface area is 95.3 Å². The summed E-state index contributed by atoms with van der Waals surface area (Å²) in [6.45, 7) is 2.05. The molecule has 16 heavy (non-hydrogen) atoms. The van der Waals surface area contributed by atoms with Gasteiger partial charge in [0.15, 0.2) is 0 Å². The second-order valence-electron chi connectivity index (χ2n) is 4.42. The molecule has 1 aromatic heterocycles. The number of anilines is 1. The van der Waals surface area contributed by atoms with Gasteiger partial charge in [0, 0.05) is 24.1 Å². The molecule has 1 unspecified atom stereocenters. The van der Waals surface area contributed by atoms with Crippen molar-refractivity contribution in [3.63, 3.8) is 0 Å². The van der Waals surface area contributed by atoms with Crippen molar-refractivity contribution in [2.24, 2.45) is 5.92 Å². The molecule has 0 aromatic carbocycles. The van der Waals surface area contributed by atoms with Crippen LogP contribution in [0.2, 0.25) is 0 Å². The largest absolute Gasteiger partial charge is 0.398 e. The van der Waals surface area contributed by atoms with E-state index in [1.54, 1.807) is 12.3 Å². The zero-order chi connectivity index (χ0) is 11.5. The maximum Gasteiger partial charge on any atom is 0.255 e. The van der Waals surface area contributed by atoms with Crippen LogP contribution in [0.25, 0.3) is 0 Å². The molecule has 1 heterocycles. The third kappa shape index (κ3) is 2.15. The molecule has 86 valence electrons. The van der Waals surface area contributed by atoms with E-state index >= 15 is 0 Å². The van der Waals surface area contributed by atoms with Crippen molar-refractivity contribution in [1.29, 1.82) is 0 Å². The molecule has 4 heteroatoms. The normalized spacial score (nSPS) is 17.6. The minimum atomic E-state index is -0.120.